The van der Waals surface area contributed by atoms with Crippen LogP contribution in [0.2, 0.25) is 0 Å². The topological polar surface area (TPSA) is 160 Å². The predicted molar refractivity (Wildman–Crippen MR) is 292 cm³/mol. The summed E-state index contributed by atoms with van der Waals surface area (Å²) in [5.41, 5.74) is 3.33. The first-order valence-electron chi connectivity index (χ1n) is 28.4. The highest BCUT2D eigenvalue weighted by atomic mass is 19.1. The maximum Gasteiger partial charge on any atom is 0.409 e. The number of carbonyl (C=O) groups is 3. The summed E-state index contributed by atoms with van der Waals surface area (Å²) < 4.78 is 69.2. The van der Waals surface area contributed by atoms with Crippen LogP contribution in [0, 0.1) is 35.8 Å². The van der Waals surface area contributed by atoms with E-state index in [0.717, 1.165) is 87.5 Å². The largest absolute Gasteiger partial charge is 0.461 e. The van der Waals surface area contributed by atoms with Crippen LogP contribution in [-0.4, -0.2) is 142 Å². The van der Waals surface area contributed by atoms with Gasteiger partial charge in [0, 0.05) is 80.9 Å². The maximum atomic E-state index is 17.5. The van der Waals surface area contributed by atoms with Crippen LogP contribution in [0.4, 0.5) is 29.5 Å². The van der Waals surface area contributed by atoms with E-state index in [9.17, 15) is 14.4 Å². The fraction of sp³-hybridized carbons (Fsp3) is 0.517. The van der Waals surface area contributed by atoms with Crippen LogP contribution in [0.25, 0.3) is 43.8 Å². The van der Waals surface area contributed by atoms with E-state index in [2.05, 4.69) is 31.0 Å². The van der Waals surface area contributed by atoms with Crippen molar-refractivity contribution >= 4 is 62.0 Å². The number of hydrogen-bond acceptors (Lipinski definition) is 13. The third-order valence-corrected chi connectivity index (χ3v) is 18.5. The average Bonchev–Trinajstić information content (AvgIpc) is 4.26. The number of rotatable bonds is 10. The zero-order valence-corrected chi connectivity index (χ0v) is 44.5. The van der Waals surface area contributed by atoms with Crippen LogP contribution in [0.15, 0.2) is 48.5 Å². The molecule has 3 amide bonds. The fourth-order valence-corrected chi connectivity index (χ4v) is 14.3. The highest BCUT2D eigenvalue weighted by Crippen LogP contribution is 2.45. The van der Waals surface area contributed by atoms with E-state index in [1.54, 1.807) is 27.8 Å². The first kappa shape index (κ1) is 51.4. The van der Waals surface area contributed by atoms with E-state index in [1.807, 2.05) is 31.3 Å². The van der Waals surface area contributed by atoms with Gasteiger partial charge in [-0.1, -0.05) is 30.2 Å². The molecule has 79 heavy (non-hydrogen) atoms. The molecule has 0 radical (unpaired) electrons. The van der Waals surface area contributed by atoms with E-state index in [4.69, 9.17) is 35.6 Å². The molecule has 6 fully saturated rings. The molecule has 6 atom stereocenters. The number of nitrogens with zero attached hydrogens (tertiary/aromatic N) is 9. The molecule has 6 aromatic rings. The molecule has 7 aliphatic rings. The lowest BCUT2D eigenvalue weighted by Gasteiger charge is -2.39. The second-order valence-corrected chi connectivity index (χ2v) is 23.0. The van der Waals surface area contributed by atoms with E-state index >= 15 is 13.2 Å². The average molecular weight is 1080 g/mol. The Labute approximate surface area is 456 Å². The number of imide groups is 1. The number of hydrogen-bond donors (Lipinski definition) is 1. The number of piperidine rings is 3. The molecule has 16 nitrogen and oxygen atoms in total. The van der Waals surface area contributed by atoms with Crippen molar-refractivity contribution in [3.8, 4) is 29.6 Å². The van der Waals surface area contributed by atoms with Gasteiger partial charge in [0.1, 0.15) is 42.2 Å². The smallest absolute Gasteiger partial charge is 0.409 e. The Balaban J connectivity index is 0.638. The number of halogens is 3. The Bertz CT molecular complexity index is 3450. The summed E-state index contributed by atoms with van der Waals surface area (Å²) in [5.74, 6) is 1.03. The van der Waals surface area contributed by atoms with Crippen LogP contribution < -0.4 is 19.9 Å². The van der Waals surface area contributed by atoms with E-state index in [-0.39, 0.29) is 83.9 Å². The van der Waals surface area contributed by atoms with Gasteiger partial charge in [-0.2, -0.15) is 15.1 Å². The number of alkyl halides is 1. The number of nitrogens with one attached hydrogen (secondary N) is 1. The highest BCUT2D eigenvalue weighted by Gasteiger charge is 2.50. The van der Waals surface area contributed by atoms with Crippen LogP contribution in [0.1, 0.15) is 99.9 Å². The summed E-state index contributed by atoms with van der Waals surface area (Å²) in [6.45, 7) is 5.31. The van der Waals surface area contributed by atoms with Crippen molar-refractivity contribution in [2.75, 3.05) is 75.5 Å². The first-order valence-corrected chi connectivity index (χ1v) is 28.4. The van der Waals surface area contributed by atoms with Crippen molar-refractivity contribution in [1.29, 1.82) is 0 Å². The Hall–Kier alpha value is -7.04. The van der Waals surface area contributed by atoms with Crippen LogP contribution >= 0.6 is 0 Å². The Morgan fingerprint density at radius 3 is 2.65 bits per heavy atom. The number of terminal acetylenes is 1. The SMILES string of the molecule is C#Cc1c(F)ccc2cccc(-c3nc4c5c(nc(OC[C@@]67CCCN6[C@H](COC(=O)N6CCC(C[C@@H]8CCN(c9ccc%10c(C%11CCC(=O)NC%11=O)nn(C)c%10c9)C[C@H]8F)CC6)CC7)nc5c3F)N3CCCOC[C@@H]3CC4)c12. The monoisotopic (exact) mass is 1080 g/mol. The van der Waals surface area contributed by atoms with Gasteiger partial charge in [0.15, 0.2) is 5.82 Å². The van der Waals surface area contributed by atoms with Gasteiger partial charge >= 0.3 is 12.1 Å². The van der Waals surface area contributed by atoms with Gasteiger partial charge in [-0.15, -0.1) is 6.42 Å². The molecule has 10 heterocycles. The molecule has 3 aromatic heterocycles. The van der Waals surface area contributed by atoms with Crippen molar-refractivity contribution in [3.63, 3.8) is 0 Å². The number of carbonyl (C=O) groups excluding carboxylic acids is 3. The Kier molecular flexibility index (Phi) is 13.6. The molecule has 1 N–H and O–H groups in total. The number of ether oxygens (including phenoxy) is 3. The van der Waals surface area contributed by atoms with Crippen molar-refractivity contribution < 1.29 is 41.8 Å². The van der Waals surface area contributed by atoms with Gasteiger partial charge < -0.3 is 28.9 Å². The molecule has 13 rings (SSSR count). The molecule has 412 valence electrons. The summed E-state index contributed by atoms with van der Waals surface area (Å²) in [6.07, 6.45) is 13.9. The second-order valence-electron chi connectivity index (χ2n) is 23.0. The molecule has 7 aliphatic heterocycles. The molecule has 19 heteroatoms. The summed E-state index contributed by atoms with van der Waals surface area (Å²) in [5, 5.41) is 9.60. The van der Waals surface area contributed by atoms with E-state index in [1.165, 1.54) is 6.07 Å². The van der Waals surface area contributed by atoms with Crippen molar-refractivity contribution in [3.05, 3.63) is 77.1 Å². The van der Waals surface area contributed by atoms with E-state index < -0.39 is 23.7 Å². The molecule has 0 bridgehead atoms. The molecule has 6 saturated heterocycles. The normalized spacial score (nSPS) is 25.8. The molecule has 0 spiro atoms. The van der Waals surface area contributed by atoms with Crippen molar-refractivity contribution in [2.45, 2.75) is 113 Å². The number of anilines is 2. The van der Waals surface area contributed by atoms with Gasteiger partial charge in [-0.05, 0) is 125 Å². The second kappa shape index (κ2) is 20.9. The molecule has 3 aromatic carbocycles. The highest BCUT2D eigenvalue weighted by molar-refractivity contribution is 6.04. The van der Waals surface area contributed by atoms with Gasteiger partial charge in [0.05, 0.1) is 52.0 Å². The standard InChI is InChI=1S/C60H65F3N10O6/c1-3-41-45(61)14-9-36-7-4-8-43(50(36)41)54-52(63)55-51-47(64-54)15-11-39-32-77-28-6-23-72(39)56(51)67-58(66-55)79-34-60-21-5-24-73(60)40(17-22-60)33-78-59(76)70-25-18-35(19-26-70)29-37-20-27-71(31-46(37)62)38-10-12-42-48(30-38)69(2)68-53(42)44-13-16-49(74)65-57(44)75/h1,4,7-10,12,14,30,35,37,39-40,44,46H,5-6,11,13,15-29,31-34H2,2H3,(H,65,74,75)/t37-,39-,40-,44?,46+,60-/m0/s1. The lowest BCUT2D eigenvalue weighted by Crippen LogP contribution is -2.48. The zero-order valence-electron chi connectivity index (χ0n) is 44.5. The molecule has 0 aliphatic carbocycles. The van der Waals surface area contributed by atoms with Gasteiger partial charge in [0.25, 0.3) is 0 Å². The minimum Gasteiger partial charge on any atom is -0.461 e. The number of fused-ring (bicyclic) bond motifs is 5. The Morgan fingerprint density at radius 2 is 1.81 bits per heavy atom. The summed E-state index contributed by atoms with van der Waals surface area (Å²) in [6, 6.07) is 14.3. The zero-order chi connectivity index (χ0) is 54.1. The third kappa shape index (κ3) is 9.35. The van der Waals surface area contributed by atoms with E-state index in [0.29, 0.717) is 104 Å². The third-order valence-electron chi connectivity index (χ3n) is 18.5. The molecular formula is C60H65F3N10O6. The number of aromatic nitrogens is 5. The number of aryl methyl sites for hydroxylation is 2. The number of pyridine rings is 1. The fourth-order valence-electron chi connectivity index (χ4n) is 14.3. The molecular weight excluding hydrogens is 1010 g/mol. The minimum absolute atomic E-state index is 0.00779. The van der Waals surface area contributed by atoms with Crippen LogP contribution in [0.3, 0.4) is 0 Å². The van der Waals surface area contributed by atoms with Crippen molar-refractivity contribution in [2.24, 2.45) is 18.9 Å². The lowest BCUT2D eigenvalue weighted by atomic mass is 9.82. The van der Waals surface area contributed by atoms with Crippen LogP contribution in [-0.2, 0) is 32.5 Å². The summed E-state index contributed by atoms with van der Waals surface area (Å²) in [7, 11) is 1.84. The summed E-state index contributed by atoms with van der Waals surface area (Å²) in [4.78, 5) is 61.4. The molecule has 1 unspecified atom stereocenters. The van der Waals surface area contributed by atoms with Gasteiger partial charge in [-0.25, -0.2) is 22.9 Å². The van der Waals surface area contributed by atoms with Gasteiger partial charge in [0.2, 0.25) is 11.8 Å². The quantitative estimate of drug-likeness (QED) is 0.103. The first-order chi connectivity index (χ1) is 38.4. The van der Waals surface area contributed by atoms with Crippen molar-refractivity contribution in [1.82, 2.24) is 39.8 Å². The minimum atomic E-state index is -0.992. The van der Waals surface area contributed by atoms with Crippen LogP contribution in [0.5, 0.6) is 6.01 Å². The number of amides is 3. The van der Waals surface area contributed by atoms with Gasteiger partial charge in [-0.3, -0.25) is 24.5 Å². The Morgan fingerprint density at radius 1 is 0.937 bits per heavy atom. The predicted octanol–water partition coefficient (Wildman–Crippen LogP) is 8.53. The molecule has 0 saturated carbocycles. The lowest BCUT2D eigenvalue weighted by molar-refractivity contribution is -0.134. The number of likely N-dealkylation sites (tertiary alicyclic amines) is 1. The number of benzene rings is 3. The summed E-state index contributed by atoms with van der Waals surface area (Å²) >= 11 is 0. The maximum absolute atomic E-state index is 17.5.